The molecule has 114 valence electrons. The smallest absolute Gasteiger partial charge is 0.165 e. The van der Waals surface area contributed by atoms with Crippen molar-refractivity contribution in [1.82, 2.24) is 5.32 Å². The Morgan fingerprint density at radius 3 is 2.52 bits per heavy atom. The molecular formula is C17H22FNOS. The minimum absolute atomic E-state index is 0.0765. The molecular weight excluding hydrogens is 285 g/mol. The highest BCUT2D eigenvalue weighted by atomic mass is 32.1. The van der Waals surface area contributed by atoms with Crippen LogP contribution in [0.2, 0.25) is 0 Å². The van der Waals surface area contributed by atoms with Gasteiger partial charge in [0.05, 0.1) is 7.11 Å². The lowest BCUT2D eigenvalue weighted by molar-refractivity contribution is 0.385. The first-order valence-electron chi connectivity index (χ1n) is 7.23. The maximum atomic E-state index is 13.8. The lowest BCUT2D eigenvalue weighted by Crippen LogP contribution is -2.21. The van der Waals surface area contributed by atoms with Crippen LogP contribution in [0.25, 0.3) is 0 Å². The number of rotatable bonds is 6. The van der Waals surface area contributed by atoms with Gasteiger partial charge in [0.15, 0.2) is 11.6 Å². The van der Waals surface area contributed by atoms with E-state index in [9.17, 15) is 4.39 Å². The van der Waals surface area contributed by atoms with Gasteiger partial charge < -0.3 is 10.1 Å². The first kappa shape index (κ1) is 16.0. The molecule has 1 heterocycles. The number of benzene rings is 1. The van der Waals surface area contributed by atoms with Crippen LogP contribution < -0.4 is 10.1 Å². The molecule has 0 saturated carbocycles. The number of hydrogen-bond donors (Lipinski definition) is 1. The third-order valence-corrected chi connectivity index (χ3v) is 5.05. The van der Waals surface area contributed by atoms with Crippen LogP contribution in [0.5, 0.6) is 5.75 Å². The summed E-state index contributed by atoms with van der Waals surface area (Å²) < 4.78 is 18.7. The molecule has 0 saturated heterocycles. The van der Waals surface area contributed by atoms with Gasteiger partial charge in [-0.15, -0.1) is 11.3 Å². The zero-order valence-corrected chi connectivity index (χ0v) is 13.8. The van der Waals surface area contributed by atoms with Crippen molar-refractivity contribution < 1.29 is 9.13 Å². The van der Waals surface area contributed by atoms with Gasteiger partial charge in [0, 0.05) is 21.8 Å². The number of hydrogen-bond acceptors (Lipinski definition) is 3. The van der Waals surface area contributed by atoms with Gasteiger partial charge in [-0.3, -0.25) is 0 Å². The standard InChI is InChI=1S/C17H22FNOS/c1-5-14-7-9-17(21-14)12(3)19-11(2)13-6-8-16(20-4)15(18)10-13/h6-12,19H,5H2,1-4H3. The quantitative estimate of drug-likeness (QED) is 0.822. The summed E-state index contributed by atoms with van der Waals surface area (Å²) in [5.41, 5.74) is 0.924. The van der Waals surface area contributed by atoms with Crippen molar-refractivity contribution >= 4 is 11.3 Å². The molecule has 1 aromatic carbocycles. The third kappa shape index (κ3) is 3.83. The lowest BCUT2D eigenvalue weighted by Gasteiger charge is -2.20. The summed E-state index contributed by atoms with van der Waals surface area (Å²) in [7, 11) is 1.48. The van der Waals surface area contributed by atoms with Gasteiger partial charge in [-0.2, -0.15) is 0 Å². The van der Waals surface area contributed by atoms with E-state index in [2.05, 4.69) is 31.3 Å². The Balaban J connectivity index is 2.06. The summed E-state index contributed by atoms with van der Waals surface area (Å²) in [6.07, 6.45) is 1.07. The highest BCUT2D eigenvalue weighted by Gasteiger charge is 2.14. The number of aryl methyl sites for hydroxylation is 1. The topological polar surface area (TPSA) is 21.3 Å². The van der Waals surface area contributed by atoms with Crippen LogP contribution >= 0.6 is 11.3 Å². The van der Waals surface area contributed by atoms with Gasteiger partial charge in [0.1, 0.15) is 0 Å². The third-order valence-electron chi connectivity index (χ3n) is 3.63. The molecule has 0 spiro atoms. The van der Waals surface area contributed by atoms with Crippen LogP contribution in [0, 0.1) is 5.82 Å². The number of thiophene rings is 1. The monoisotopic (exact) mass is 307 g/mol. The Kier molecular flexibility index (Phi) is 5.37. The van der Waals surface area contributed by atoms with E-state index in [0.717, 1.165) is 12.0 Å². The predicted molar refractivity (Wildman–Crippen MR) is 86.6 cm³/mol. The maximum Gasteiger partial charge on any atom is 0.165 e. The van der Waals surface area contributed by atoms with Gasteiger partial charge in [-0.25, -0.2) is 4.39 Å². The van der Waals surface area contributed by atoms with Gasteiger partial charge in [0.2, 0.25) is 0 Å². The summed E-state index contributed by atoms with van der Waals surface area (Å²) >= 11 is 1.83. The van der Waals surface area contributed by atoms with Crippen LogP contribution in [-0.2, 0) is 6.42 Å². The fourth-order valence-electron chi connectivity index (χ4n) is 2.32. The van der Waals surface area contributed by atoms with Crippen molar-refractivity contribution in [2.45, 2.75) is 39.3 Å². The van der Waals surface area contributed by atoms with Crippen molar-refractivity contribution in [1.29, 1.82) is 0 Å². The van der Waals surface area contributed by atoms with Crippen LogP contribution in [0.4, 0.5) is 4.39 Å². The largest absolute Gasteiger partial charge is 0.494 e. The molecule has 1 N–H and O–H groups in total. The second-order valence-electron chi connectivity index (χ2n) is 5.16. The predicted octanol–water partition coefficient (Wildman–Crippen LogP) is 4.87. The van der Waals surface area contributed by atoms with Crippen LogP contribution in [0.1, 0.15) is 48.2 Å². The molecule has 0 aliphatic rings. The van der Waals surface area contributed by atoms with E-state index >= 15 is 0 Å². The Morgan fingerprint density at radius 1 is 1.19 bits per heavy atom. The van der Waals surface area contributed by atoms with E-state index in [1.807, 2.05) is 24.3 Å². The van der Waals surface area contributed by atoms with E-state index in [1.54, 1.807) is 6.07 Å². The highest BCUT2D eigenvalue weighted by Crippen LogP contribution is 2.27. The van der Waals surface area contributed by atoms with E-state index in [1.165, 1.54) is 22.9 Å². The van der Waals surface area contributed by atoms with E-state index in [0.29, 0.717) is 0 Å². The maximum absolute atomic E-state index is 13.8. The van der Waals surface area contributed by atoms with Crippen LogP contribution in [-0.4, -0.2) is 7.11 Å². The molecule has 0 aliphatic heterocycles. The normalized spacial score (nSPS) is 14.0. The summed E-state index contributed by atoms with van der Waals surface area (Å²) in [4.78, 5) is 2.70. The zero-order valence-electron chi connectivity index (χ0n) is 12.9. The van der Waals surface area contributed by atoms with Crippen molar-refractivity contribution in [2.75, 3.05) is 7.11 Å². The van der Waals surface area contributed by atoms with Gasteiger partial charge >= 0.3 is 0 Å². The average molecular weight is 307 g/mol. The second kappa shape index (κ2) is 7.05. The first-order chi connectivity index (χ1) is 10.0. The molecule has 0 amide bonds. The van der Waals surface area contributed by atoms with Gasteiger partial charge in [-0.05, 0) is 50.1 Å². The second-order valence-corrected chi connectivity index (χ2v) is 6.36. The SMILES string of the molecule is CCc1ccc(C(C)NC(C)c2ccc(OC)c(F)c2)s1. The van der Waals surface area contributed by atoms with Crippen LogP contribution in [0.15, 0.2) is 30.3 Å². The Labute approximate surface area is 130 Å². The Bertz CT molecular complexity index is 596. The zero-order chi connectivity index (χ0) is 15.4. The Morgan fingerprint density at radius 2 is 1.95 bits per heavy atom. The number of halogens is 1. The molecule has 0 radical (unpaired) electrons. The van der Waals surface area contributed by atoms with E-state index in [-0.39, 0.29) is 23.7 Å². The number of nitrogens with one attached hydrogen (secondary N) is 1. The molecule has 4 heteroatoms. The number of methoxy groups -OCH3 is 1. The Hall–Kier alpha value is -1.39. The van der Waals surface area contributed by atoms with E-state index in [4.69, 9.17) is 4.74 Å². The molecule has 1 aromatic heterocycles. The minimum atomic E-state index is -0.319. The van der Waals surface area contributed by atoms with Gasteiger partial charge in [-0.1, -0.05) is 13.0 Å². The molecule has 2 atom stereocenters. The summed E-state index contributed by atoms with van der Waals surface area (Å²) in [6.45, 7) is 6.35. The fourth-order valence-corrected chi connectivity index (χ4v) is 3.29. The molecule has 0 aliphatic carbocycles. The molecule has 2 nitrogen and oxygen atoms in total. The van der Waals surface area contributed by atoms with Crippen LogP contribution in [0.3, 0.4) is 0 Å². The highest BCUT2D eigenvalue weighted by molar-refractivity contribution is 7.12. The molecule has 2 rings (SSSR count). The van der Waals surface area contributed by atoms with Crippen molar-refractivity contribution in [3.63, 3.8) is 0 Å². The molecule has 0 bridgehead atoms. The summed E-state index contributed by atoms with van der Waals surface area (Å²) in [5.74, 6) is -0.0365. The van der Waals surface area contributed by atoms with Gasteiger partial charge in [0.25, 0.3) is 0 Å². The molecule has 2 unspecified atom stereocenters. The van der Waals surface area contributed by atoms with Crippen molar-refractivity contribution in [2.24, 2.45) is 0 Å². The molecule has 2 aromatic rings. The summed E-state index contributed by atoms with van der Waals surface area (Å²) in [5, 5.41) is 3.52. The average Bonchev–Trinajstić information content (AvgIpc) is 2.96. The minimum Gasteiger partial charge on any atom is -0.494 e. The van der Waals surface area contributed by atoms with Crippen molar-refractivity contribution in [3.8, 4) is 5.75 Å². The number of ether oxygens (including phenoxy) is 1. The fraction of sp³-hybridized carbons (Fsp3) is 0.412. The first-order valence-corrected chi connectivity index (χ1v) is 8.04. The molecule has 0 fully saturated rings. The van der Waals surface area contributed by atoms with E-state index < -0.39 is 0 Å². The lowest BCUT2D eigenvalue weighted by atomic mass is 10.1. The van der Waals surface area contributed by atoms with Crippen molar-refractivity contribution in [3.05, 3.63) is 51.5 Å². The summed E-state index contributed by atoms with van der Waals surface area (Å²) in [6, 6.07) is 9.78. The molecule has 21 heavy (non-hydrogen) atoms.